The Labute approximate surface area is 108 Å². The molecule has 5 nitrogen and oxygen atoms in total. The molecular weight excluding hydrogens is 232 g/mol. The first-order valence-electron chi connectivity index (χ1n) is 6.78. The van der Waals surface area contributed by atoms with Gasteiger partial charge in [0.2, 0.25) is 11.8 Å². The molecule has 0 spiro atoms. The molecule has 1 aliphatic carbocycles. The van der Waals surface area contributed by atoms with Crippen LogP contribution in [0.25, 0.3) is 0 Å². The minimum Gasteiger partial charge on any atom is -0.381 e. The van der Waals surface area contributed by atoms with E-state index in [2.05, 4.69) is 5.32 Å². The fourth-order valence-electron chi connectivity index (χ4n) is 2.91. The Morgan fingerprint density at radius 3 is 2.78 bits per heavy atom. The SMILES string of the molecule is CCC1NC(=O)CCN(C2CCC(OC)C2)C1=O. The van der Waals surface area contributed by atoms with Crippen molar-refractivity contribution >= 4 is 11.8 Å². The lowest BCUT2D eigenvalue weighted by atomic mass is 10.1. The Morgan fingerprint density at radius 1 is 1.39 bits per heavy atom. The maximum atomic E-state index is 12.4. The van der Waals surface area contributed by atoms with Crippen LogP contribution in [0.1, 0.15) is 39.0 Å². The number of hydrogen-bond acceptors (Lipinski definition) is 3. The summed E-state index contributed by atoms with van der Waals surface area (Å²) >= 11 is 0. The highest BCUT2D eigenvalue weighted by Gasteiger charge is 2.36. The fourth-order valence-corrected chi connectivity index (χ4v) is 2.91. The molecule has 0 aromatic heterocycles. The van der Waals surface area contributed by atoms with Gasteiger partial charge in [-0.3, -0.25) is 9.59 Å². The van der Waals surface area contributed by atoms with Gasteiger partial charge in [0.1, 0.15) is 6.04 Å². The van der Waals surface area contributed by atoms with Crippen LogP contribution in [-0.2, 0) is 14.3 Å². The van der Waals surface area contributed by atoms with Crippen LogP contribution in [0.3, 0.4) is 0 Å². The number of nitrogens with zero attached hydrogens (tertiary/aromatic N) is 1. The van der Waals surface area contributed by atoms with Crippen LogP contribution in [0.5, 0.6) is 0 Å². The number of ether oxygens (including phenoxy) is 1. The average molecular weight is 254 g/mol. The van der Waals surface area contributed by atoms with Crippen LogP contribution in [0.2, 0.25) is 0 Å². The predicted octanol–water partition coefficient (Wildman–Crippen LogP) is 0.681. The number of carbonyl (C=O) groups excluding carboxylic acids is 2. The lowest BCUT2D eigenvalue weighted by molar-refractivity contribution is -0.135. The van der Waals surface area contributed by atoms with E-state index in [1.807, 2.05) is 11.8 Å². The number of methoxy groups -OCH3 is 1. The van der Waals surface area contributed by atoms with E-state index in [0.717, 1.165) is 19.3 Å². The van der Waals surface area contributed by atoms with Crippen LogP contribution < -0.4 is 5.32 Å². The van der Waals surface area contributed by atoms with Crippen molar-refractivity contribution in [2.75, 3.05) is 13.7 Å². The van der Waals surface area contributed by atoms with Crippen LogP contribution >= 0.6 is 0 Å². The van der Waals surface area contributed by atoms with Gasteiger partial charge >= 0.3 is 0 Å². The van der Waals surface area contributed by atoms with Crippen LogP contribution in [0.15, 0.2) is 0 Å². The van der Waals surface area contributed by atoms with Gasteiger partial charge in [0, 0.05) is 26.1 Å². The van der Waals surface area contributed by atoms with E-state index in [9.17, 15) is 9.59 Å². The van der Waals surface area contributed by atoms with Gasteiger partial charge in [-0.1, -0.05) is 6.92 Å². The van der Waals surface area contributed by atoms with E-state index in [-0.39, 0.29) is 30.0 Å². The zero-order valence-corrected chi connectivity index (χ0v) is 11.1. The molecule has 2 rings (SSSR count). The average Bonchev–Trinajstić information content (AvgIpc) is 2.79. The van der Waals surface area contributed by atoms with E-state index < -0.39 is 0 Å². The normalized spacial score (nSPS) is 33.4. The first-order valence-corrected chi connectivity index (χ1v) is 6.78. The van der Waals surface area contributed by atoms with E-state index in [1.165, 1.54) is 0 Å². The van der Waals surface area contributed by atoms with Gasteiger partial charge < -0.3 is 15.0 Å². The van der Waals surface area contributed by atoms with Gasteiger partial charge in [0.25, 0.3) is 0 Å². The Bertz CT molecular complexity index is 332. The molecule has 0 aromatic carbocycles. The lowest BCUT2D eigenvalue weighted by Crippen LogP contribution is -2.47. The number of carbonyl (C=O) groups is 2. The van der Waals surface area contributed by atoms with Gasteiger partial charge in [-0.25, -0.2) is 0 Å². The Hall–Kier alpha value is -1.10. The molecule has 1 saturated carbocycles. The third-order valence-corrected chi connectivity index (χ3v) is 4.04. The van der Waals surface area contributed by atoms with E-state index in [1.54, 1.807) is 7.11 Å². The molecular formula is C13H22N2O3. The smallest absolute Gasteiger partial charge is 0.245 e. The van der Waals surface area contributed by atoms with Crippen molar-refractivity contribution in [3.63, 3.8) is 0 Å². The Balaban J connectivity index is 2.06. The van der Waals surface area contributed by atoms with E-state index in [0.29, 0.717) is 19.4 Å². The molecule has 1 saturated heterocycles. The van der Waals surface area contributed by atoms with Crippen molar-refractivity contribution in [1.29, 1.82) is 0 Å². The molecule has 2 fully saturated rings. The Kier molecular flexibility index (Phi) is 4.22. The van der Waals surface area contributed by atoms with E-state index >= 15 is 0 Å². The summed E-state index contributed by atoms with van der Waals surface area (Å²) in [5.74, 6) is 0.0593. The number of amides is 2. The minimum atomic E-state index is -0.346. The lowest BCUT2D eigenvalue weighted by Gasteiger charge is -2.29. The molecule has 0 radical (unpaired) electrons. The Morgan fingerprint density at radius 2 is 2.17 bits per heavy atom. The summed E-state index contributed by atoms with van der Waals surface area (Å²) in [4.78, 5) is 25.8. The summed E-state index contributed by atoms with van der Waals surface area (Å²) < 4.78 is 5.35. The molecule has 2 amide bonds. The summed E-state index contributed by atoms with van der Waals surface area (Å²) in [5, 5.41) is 2.80. The third kappa shape index (κ3) is 2.66. The molecule has 1 N–H and O–H groups in total. The first-order chi connectivity index (χ1) is 8.65. The van der Waals surface area contributed by atoms with Crippen LogP contribution in [-0.4, -0.2) is 48.6 Å². The zero-order valence-electron chi connectivity index (χ0n) is 11.1. The van der Waals surface area contributed by atoms with Crippen molar-refractivity contribution in [2.45, 2.75) is 57.2 Å². The number of hydrogen-bond donors (Lipinski definition) is 1. The minimum absolute atomic E-state index is 0.0148. The van der Waals surface area contributed by atoms with Crippen molar-refractivity contribution in [3.8, 4) is 0 Å². The van der Waals surface area contributed by atoms with Crippen molar-refractivity contribution in [1.82, 2.24) is 10.2 Å². The molecule has 2 aliphatic rings. The second-order valence-corrected chi connectivity index (χ2v) is 5.13. The van der Waals surface area contributed by atoms with Crippen molar-refractivity contribution in [2.24, 2.45) is 0 Å². The van der Waals surface area contributed by atoms with Crippen LogP contribution in [0, 0.1) is 0 Å². The molecule has 18 heavy (non-hydrogen) atoms. The number of nitrogens with one attached hydrogen (secondary N) is 1. The molecule has 0 bridgehead atoms. The molecule has 0 aromatic rings. The maximum absolute atomic E-state index is 12.4. The van der Waals surface area contributed by atoms with Gasteiger partial charge in [-0.05, 0) is 25.7 Å². The molecule has 3 unspecified atom stereocenters. The number of rotatable bonds is 3. The zero-order chi connectivity index (χ0) is 13.1. The molecule has 1 heterocycles. The highest BCUT2D eigenvalue weighted by Crippen LogP contribution is 2.27. The van der Waals surface area contributed by atoms with Crippen molar-refractivity contribution in [3.05, 3.63) is 0 Å². The fraction of sp³-hybridized carbons (Fsp3) is 0.846. The second kappa shape index (κ2) is 5.69. The summed E-state index contributed by atoms with van der Waals surface area (Å²) in [6.07, 6.45) is 4.21. The summed E-state index contributed by atoms with van der Waals surface area (Å²) in [6, 6.07) is -0.106. The summed E-state index contributed by atoms with van der Waals surface area (Å²) in [5.41, 5.74) is 0. The third-order valence-electron chi connectivity index (χ3n) is 4.04. The van der Waals surface area contributed by atoms with Gasteiger partial charge in [-0.15, -0.1) is 0 Å². The molecule has 1 aliphatic heterocycles. The van der Waals surface area contributed by atoms with Crippen LogP contribution in [0.4, 0.5) is 0 Å². The highest BCUT2D eigenvalue weighted by molar-refractivity contribution is 5.90. The summed E-state index contributed by atoms with van der Waals surface area (Å²) in [7, 11) is 1.72. The monoisotopic (exact) mass is 254 g/mol. The quantitative estimate of drug-likeness (QED) is 0.806. The predicted molar refractivity (Wildman–Crippen MR) is 67.0 cm³/mol. The van der Waals surface area contributed by atoms with Gasteiger partial charge in [0.05, 0.1) is 6.10 Å². The van der Waals surface area contributed by atoms with Gasteiger partial charge in [-0.2, -0.15) is 0 Å². The topological polar surface area (TPSA) is 58.6 Å². The standard InChI is InChI=1S/C13H22N2O3/c1-3-11-13(17)15(7-6-12(16)14-11)9-4-5-10(8-9)18-2/h9-11H,3-8H2,1-2H3,(H,14,16). The van der Waals surface area contributed by atoms with E-state index in [4.69, 9.17) is 4.74 Å². The second-order valence-electron chi connectivity index (χ2n) is 5.13. The largest absolute Gasteiger partial charge is 0.381 e. The van der Waals surface area contributed by atoms with Crippen molar-refractivity contribution < 1.29 is 14.3 Å². The highest BCUT2D eigenvalue weighted by atomic mass is 16.5. The summed E-state index contributed by atoms with van der Waals surface area (Å²) in [6.45, 7) is 2.47. The first kappa shape index (κ1) is 13.3. The molecule has 3 atom stereocenters. The maximum Gasteiger partial charge on any atom is 0.245 e. The molecule has 102 valence electrons. The molecule has 5 heteroatoms. The van der Waals surface area contributed by atoms with Gasteiger partial charge in [0.15, 0.2) is 0 Å².